The molecule has 252 valence electrons. The summed E-state index contributed by atoms with van der Waals surface area (Å²) in [5, 5.41) is 6.37. The molecule has 0 aliphatic rings. The molecule has 0 amide bonds. The van der Waals surface area contributed by atoms with Crippen LogP contribution in [0.15, 0.2) is 185 Å². The smallest absolute Gasteiger partial charge is 0.165 e. The molecule has 3 aromatic heterocycles. The largest absolute Gasteiger partial charge is 0.456 e. The molecule has 0 N–H and O–H groups in total. The number of aromatic nitrogens is 3. The topological polar surface area (TPSA) is 65.0 Å². The van der Waals surface area contributed by atoms with E-state index in [-0.39, 0.29) is 0 Å². The number of rotatable bonds is 5. The predicted octanol–water partition coefficient (Wildman–Crippen LogP) is 13.2. The Morgan fingerprint density at radius 2 is 0.870 bits per heavy atom. The van der Waals surface area contributed by atoms with E-state index in [0.29, 0.717) is 17.5 Å². The molecule has 3 heterocycles. The van der Waals surface area contributed by atoms with Crippen LogP contribution in [0, 0.1) is 0 Å². The maximum Gasteiger partial charge on any atom is 0.165 e. The third kappa shape index (κ3) is 4.98. The summed E-state index contributed by atoms with van der Waals surface area (Å²) in [5.41, 5.74) is 10.3. The molecular formula is C49H29N3O2. The van der Waals surface area contributed by atoms with Gasteiger partial charge in [0.05, 0.1) is 0 Å². The Hall–Kier alpha value is -7.37. The van der Waals surface area contributed by atoms with Crippen LogP contribution in [0.2, 0.25) is 0 Å². The minimum atomic E-state index is 0.569. The fourth-order valence-electron chi connectivity index (χ4n) is 7.70. The SMILES string of the molecule is c1ccc(-c2ccc(-c3nc(-c4ccc5ccccc5c4)nc(-c4c(-c5ccc6oc7ccccc7c6c5)ccc5oc6ccccc6c45)n3)cc2)cc1. The molecule has 0 aliphatic carbocycles. The molecule has 0 aliphatic heterocycles. The lowest BCUT2D eigenvalue weighted by Gasteiger charge is -2.14. The van der Waals surface area contributed by atoms with E-state index in [0.717, 1.165) is 93.6 Å². The lowest BCUT2D eigenvalue weighted by Crippen LogP contribution is -2.01. The Bertz CT molecular complexity index is 3210. The number of hydrogen-bond donors (Lipinski definition) is 0. The maximum atomic E-state index is 6.47. The standard InChI is InChI=1S/C49H29N3O2/c1-2-10-30(11-3-1)32-18-21-33(22-19-32)47-50-48(36-23-20-31-12-4-5-13-34(31)28-36)52-49(51-47)46-37(25-27-44-45(46)39-15-7-9-17-42(39)54-44)35-24-26-43-40(29-35)38-14-6-8-16-41(38)53-43/h1-29H. The molecule has 54 heavy (non-hydrogen) atoms. The second kappa shape index (κ2) is 12.1. The van der Waals surface area contributed by atoms with E-state index in [9.17, 15) is 0 Å². The fourth-order valence-corrected chi connectivity index (χ4v) is 7.70. The highest BCUT2D eigenvalue weighted by Gasteiger charge is 2.23. The molecule has 0 atom stereocenters. The summed E-state index contributed by atoms with van der Waals surface area (Å²) in [6, 6.07) is 60.5. The van der Waals surface area contributed by atoms with Crippen LogP contribution in [0.25, 0.3) is 111 Å². The summed E-state index contributed by atoms with van der Waals surface area (Å²) < 4.78 is 12.7. The van der Waals surface area contributed by atoms with Gasteiger partial charge in [0.15, 0.2) is 17.5 Å². The summed E-state index contributed by atoms with van der Waals surface area (Å²) in [6.45, 7) is 0. The van der Waals surface area contributed by atoms with Crippen LogP contribution in [0.5, 0.6) is 0 Å². The van der Waals surface area contributed by atoms with Crippen molar-refractivity contribution < 1.29 is 8.83 Å². The summed E-state index contributed by atoms with van der Waals surface area (Å²) in [5.74, 6) is 1.76. The van der Waals surface area contributed by atoms with Crippen molar-refractivity contribution >= 4 is 54.6 Å². The highest BCUT2D eigenvalue weighted by molar-refractivity contribution is 6.16. The van der Waals surface area contributed by atoms with E-state index in [4.69, 9.17) is 23.8 Å². The van der Waals surface area contributed by atoms with Crippen molar-refractivity contribution in [2.24, 2.45) is 0 Å². The van der Waals surface area contributed by atoms with Gasteiger partial charge < -0.3 is 8.83 Å². The third-order valence-corrected chi connectivity index (χ3v) is 10.3. The molecule has 5 heteroatoms. The van der Waals surface area contributed by atoms with Crippen LogP contribution in [0.1, 0.15) is 0 Å². The predicted molar refractivity (Wildman–Crippen MR) is 219 cm³/mol. The number of nitrogens with zero attached hydrogens (tertiary/aromatic N) is 3. The van der Waals surface area contributed by atoms with Crippen molar-refractivity contribution in [2.45, 2.75) is 0 Å². The molecule has 5 nitrogen and oxygen atoms in total. The van der Waals surface area contributed by atoms with Crippen LogP contribution in [-0.4, -0.2) is 15.0 Å². The van der Waals surface area contributed by atoms with Gasteiger partial charge in [-0.1, -0.05) is 133 Å². The van der Waals surface area contributed by atoms with Gasteiger partial charge in [0, 0.05) is 38.2 Å². The Morgan fingerprint density at radius 1 is 0.315 bits per heavy atom. The van der Waals surface area contributed by atoms with Gasteiger partial charge in [-0.2, -0.15) is 0 Å². The van der Waals surface area contributed by atoms with Crippen LogP contribution in [-0.2, 0) is 0 Å². The minimum Gasteiger partial charge on any atom is -0.456 e. The fraction of sp³-hybridized carbons (Fsp3) is 0. The van der Waals surface area contributed by atoms with Gasteiger partial charge in [0.25, 0.3) is 0 Å². The zero-order valence-electron chi connectivity index (χ0n) is 28.9. The molecule has 0 bridgehead atoms. The van der Waals surface area contributed by atoms with Gasteiger partial charge in [-0.15, -0.1) is 0 Å². The summed E-state index contributed by atoms with van der Waals surface area (Å²) in [7, 11) is 0. The van der Waals surface area contributed by atoms with E-state index in [1.165, 1.54) is 0 Å². The van der Waals surface area contributed by atoms with Crippen molar-refractivity contribution in [1.29, 1.82) is 0 Å². The van der Waals surface area contributed by atoms with E-state index < -0.39 is 0 Å². The van der Waals surface area contributed by atoms with Gasteiger partial charge in [-0.25, -0.2) is 15.0 Å². The van der Waals surface area contributed by atoms with Crippen molar-refractivity contribution in [3.8, 4) is 56.4 Å². The van der Waals surface area contributed by atoms with Gasteiger partial charge in [0.1, 0.15) is 22.3 Å². The molecule has 11 aromatic rings. The molecule has 0 saturated heterocycles. The number of para-hydroxylation sites is 2. The van der Waals surface area contributed by atoms with Gasteiger partial charge >= 0.3 is 0 Å². The molecule has 8 aromatic carbocycles. The molecule has 0 unspecified atom stereocenters. The summed E-state index contributed by atoms with van der Waals surface area (Å²) >= 11 is 0. The lowest BCUT2D eigenvalue weighted by atomic mass is 9.93. The summed E-state index contributed by atoms with van der Waals surface area (Å²) in [4.78, 5) is 15.8. The average Bonchev–Trinajstić information content (AvgIpc) is 3.81. The average molecular weight is 692 g/mol. The van der Waals surface area contributed by atoms with Gasteiger partial charge in [-0.3, -0.25) is 0 Å². The normalized spacial score (nSPS) is 11.7. The van der Waals surface area contributed by atoms with Crippen LogP contribution >= 0.6 is 0 Å². The van der Waals surface area contributed by atoms with Gasteiger partial charge in [-0.05, 0) is 75.5 Å². The highest BCUT2D eigenvalue weighted by Crippen LogP contribution is 2.44. The van der Waals surface area contributed by atoms with Crippen LogP contribution in [0.4, 0.5) is 0 Å². The van der Waals surface area contributed by atoms with Crippen molar-refractivity contribution in [1.82, 2.24) is 15.0 Å². The first kappa shape index (κ1) is 30.3. The molecule has 0 spiro atoms. The first-order chi connectivity index (χ1) is 26.7. The van der Waals surface area contributed by atoms with Crippen LogP contribution in [0.3, 0.4) is 0 Å². The Balaban J connectivity index is 1.19. The highest BCUT2D eigenvalue weighted by atomic mass is 16.3. The maximum absolute atomic E-state index is 6.47. The number of benzene rings is 8. The molecule has 11 rings (SSSR count). The van der Waals surface area contributed by atoms with E-state index >= 15 is 0 Å². The second-order valence-corrected chi connectivity index (χ2v) is 13.6. The zero-order chi connectivity index (χ0) is 35.6. The number of fused-ring (bicyclic) bond motifs is 7. The van der Waals surface area contributed by atoms with E-state index in [1.54, 1.807) is 0 Å². The minimum absolute atomic E-state index is 0.569. The molecule has 0 radical (unpaired) electrons. The Kier molecular flexibility index (Phi) is 6.79. The van der Waals surface area contributed by atoms with Crippen molar-refractivity contribution in [3.05, 3.63) is 176 Å². The van der Waals surface area contributed by atoms with Gasteiger partial charge in [0.2, 0.25) is 0 Å². The zero-order valence-corrected chi connectivity index (χ0v) is 28.9. The first-order valence-electron chi connectivity index (χ1n) is 18.0. The van der Waals surface area contributed by atoms with E-state index in [2.05, 4.69) is 133 Å². The molecule has 0 saturated carbocycles. The summed E-state index contributed by atoms with van der Waals surface area (Å²) in [6.07, 6.45) is 0. The molecule has 0 fully saturated rings. The third-order valence-electron chi connectivity index (χ3n) is 10.3. The first-order valence-corrected chi connectivity index (χ1v) is 18.0. The van der Waals surface area contributed by atoms with Crippen molar-refractivity contribution in [3.63, 3.8) is 0 Å². The lowest BCUT2D eigenvalue weighted by molar-refractivity contribution is 0.668. The van der Waals surface area contributed by atoms with Crippen molar-refractivity contribution in [2.75, 3.05) is 0 Å². The second-order valence-electron chi connectivity index (χ2n) is 13.6. The Labute approximate surface area is 309 Å². The quantitative estimate of drug-likeness (QED) is 0.180. The molecular weight excluding hydrogens is 663 g/mol. The van der Waals surface area contributed by atoms with Crippen LogP contribution < -0.4 is 0 Å². The number of furan rings is 2. The number of hydrogen-bond acceptors (Lipinski definition) is 5. The Morgan fingerprint density at radius 3 is 1.70 bits per heavy atom. The van der Waals surface area contributed by atoms with E-state index in [1.807, 2.05) is 42.5 Å². The monoisotopic (exact) mass is 691 g/mol.